The Bertz CT molecular complexity index is 641. The van der Waals surface area contributed by atoms with E-state index in [-0.39, 0.29) is 17.0 Å². The maximum absolute atomic E-state index is 13.4. The van der Waals surface area contributed by atoms with Gasteiger partial charge in [-0.15, -0.1) is 0 Å². The van der Waals surface area contributed by atoms with Crippen molar-refractivity contribution < 1.29 is 18.7 Å². The van der Waals surface area contributed by atoms with Crippen molar-refractivity contribution in [3.05, 3.63) is 59.2 Å². The van der Waals surface area contributed by atoms with Crippen LogP contribution in [0.5, 0.6) is 5.75 Å². The Morgan fingerprint density at radius 1 is 1.21 bits per heavy atom. The van der Waals surface area contributed by atoms with Crippen LogP contribution in [0.15, 0.2) is 36.4 Å². The monoisotopic (exact) mass is 263 g/mol. The van der Waals surface area contributed by atoms with Gasteiger partial charge in [-0.1, -0.05) is 12.1 Å². The average molecular weight is 263 g/mol. The third-order valence-electron chi connectivity index (χ3n) is 2.66. The first kappa shape index (κ1) is 13.0. The fourth-order valence-electron chi connectivity index (χ4n) is 1.62. The second kappa shape index (κ2) is 5.06. The largest absolute Gasteiger partial charge is 0.507 e. The minimum Gasteiger partial charge on any atom is -0.507 e. The lowest BCUT2D eigenvalue weighted by Gasteiger charge is -2.09. The van der Waals surface area contributed by atoms with Gasteiger partial charge in [-0.3, -0.25) is 4.79 Å². The van der Waals surface area contributed by atoms with E-state index in [2.05, 4.69) is 5.32 Å². The number of aryl methyl sites for hydroxylation is 1. The van der Waals surface area contributed by atoms with Gasteiger partial charge in [0.1, 0.15) is 17.4 Å². The second-order valence-corrected chi connectivity index (χ2v) is 4.05. The molecule has 2 aromatic rings. The lowest BCUT2D eigenvalue weighted by atomic mass is 10.1. The SMILES string of the molecule is Cc1cccc(C(=O)Nc2ccc(F)cc2F)c1O. The fourth-order valence-corrected chi connectivity index (χ4v) is 1.62. The molecule has 0 aliphatic rings. The van der Waals surface area contributed by atoms with Crippen LogP contribution in [-0.4, -0.2) is 11.0 Å². The summed E-state index contributed by atoms with van der Waals surface area (Å²) in [5.74, 6) is -2.43. The smallest absolute Gasteiger partial charge is 0.259 e. The molecule has 19 heavy (non-hydrogen) atoms. The zero-order chi connectivity index (χ0) is 14.0. The summed E-state index contributed by atoms with van der Waals surface area (Å²) in [6.07, 6.45) is 0. The Hall–Kier alpha value is -2.43. The summed E-state index contributed by atoms with van der Waals surface area (Å²) in [6, 6.07) is 7.49. The number of hydrogen-bond donors (Lipinski definition) is 2. The van der Waals surface area contributed by atoms with Crippen LogP contribution >= 0.6 is 0 Å². The summed E-state index contributed by atoms with van der Waals surface area (Å²) >= 11 is 0. The fraction of sp³-hybridized carbons (Fsp3) is 0.0714. The zero-order valence-electron chi connectivity index (χ0n) is 10.1. The highest BCUT2D eigenvalue weighted by Crippen LogP contribution is 2.23. The molecule has 0 aromatic heterocycles. The lowest BCUT2D eigenvalue weighted by Crippen LogP contribution is -2.13. The zero-order valence-corrected chi connectivity index (χ0v) is 10.1. The van der Waals surface area contributed by atoms with Crippen LogP contribution in [0.4, 0.5) is 14.5 Å². The molecule has 0 saturated carbocycles. The van der Waals surface area contributed by atoms with Gasteiger partial charge in [-0.25, -0.2) is 8.78 Å². The number of hydrogen-bond acceptors (Lipinski definition) is 2. The number of aromatic hydroxyl groups is 1. The van der Waals surface area contributed by atoms with Gasteiger partial charge in [-0.2, -0.15) is 0 Å². The molecule has 0 aliphatic heterocycles. The number of phenolic OH excluding ortho intramolecular Hbond substituents is 1. The number of anilines is 1. The van der Waals surface area contributed by atoms with E-state index in [1.54, 1.807) is 19.1 Å². The molecule has 0 fully saturated rings. The third kappa shape index (κ3) is 2.70. The van der Waals surface area contributed by atoms with Gasteiger partial charge in [0.25, 0.3) is 5.91 Å². The van der Waals surface area contributed by atoms with Crippen molar-refractivity contribution >= 4 is 11.6 Å². The number of phenols is 1. The molecule has 98 valence electrons. The number of benzene rings is 2. The van der Waals surface area contributed by atoms with E-state index in [0.29, 0.717) is 11.6 Å². The predicted octanol–water partition coefficient (Wildman–Crippen LogP) is 3.23. The Labute approximate surface area is 108 Å². The van der Waals surface area contributed by atoms with E-state index in [1.807, 2.05) is 0 Å². The molecule has 2 aromatic carbocycles. The van der Waals surface area contributed by atoms with E-state index >= 15 is 0 Å². The Morgan fingerprint density at radius 3 is 2.63 bits per heavy atom. The first-order valence-corrected chi connectivity index (χ1v) is 5.54. The van der Waals surface area contributed by atoms with Gasteiger partial charge < -0.3 is 10.4 Å². The van der Waals surface area contributed by atoms with Gasteiger partial charge in [0, 0.05) is 6.07 Å². The third-order valence-corrected chi connectivity index (χ3v) is 2.66. The number of nitrogens with one attached hydrogen (secondary N) is 1. The van der Waals surface area contributed by atoms with Gasteiger partial charge >= 0.3 is 0 Å². The Balaban J connectivity index is 2.28. The summed E-state index contributed by atoms with van der Waals surface area (Å²) in [5, 5.41) is 12.0. The van der Waals surface area contributed by atoms with Crippen molar-refractivity contribution in [2.45, 2.75) is 6.92 Å². The molecule has 0 radical (unpaired) electrons. The standard InChI is InChI=1S/C14H11F2NO2/c1-8-3-2-4-10(13(8)18)14(19)17-12-6-5-9(15)7-11(12)16/h2-7,18H,1H3,(H,17,19). The maximum Gasteiger partial charge on any atom is 0.259 e. The number of amides is 1. The van der Waals surface area contributed by atoms with Crippen molar-refractivity contribution in [1.82, 2.24) is 0 Å². The van der Waals surface area contributed by atoms with Crippen molar-refractivity contribution in [3.8, 4) is 5.75 Å². The highest BCUT2D eigenvalue weighted by atomic mass is 19.1. The van der Waals surface area contributed by atoms with Gasteiger partial charge in [0.2, 0.25) is 0 Å². The van der Waals surface area contributed by atoms with E-state index < -0.39 is 17.5 Å². The van der Waals surface area contributed by atoms with Crippen LogP contribution < -0.4 is 5.32 Å². The molecule has 0 atom stereocenters. The maximum atomic E-state index is 13.4. The number of para-hydroxylation sites is 1. The van der Waals surface area contributed by atoms with E-state index in [4.69, 9.17) is 0 Å². The minimum absolute atomic E-state index is 0.0312. The van der Waals surface area contributed by atoms with Crippen molar-refractivity contribution in [3.63, 3.8) is 0 Å². The highest BCUT2D eigenvalue weighted by molar-refractivity contribution is 6.06. The molecule has 0 spiro atoms. The molecule has 0 saturated heterocycles. The number of carbonyl (C=O) groups is 1. The van der Waals surface area contributed by atoms with Gasteiger partial charge in [0.15, 0.2) is 0 Å². The van der Waals surface area contributed by atoms with Crippen LogP contribution in [0, 0.1) is 18.6 Å². The van der Waals surface area contributed by atoms with Crippen molar-refractivity contribution in [2.75, 3.05) is 5.32 Å². The first-order valence-electron chi connectivity index (χ1n) is 5.54. The van der Waals surface area contributed by atoms with Crippen LogP contribution in [-0.2, 0) is 0 Å². The molecule has 2 rings (SSSR count). The van der Waals surface area contributed by atoms with Gasteiger partial charge in [-0.05, 0) is 30.7 Å². The molecule has 0 unspecified atom stereocenters. The average Bonchev–Trinajstić information content (AvgIpc) is 2.36. The molecule has 1 amide bonds. The number of carbonyl (C=O) groups excluding carboxylic acids is 1. The first-order chi connectivity index (χ1) is 8.99. The van der Waals surface area contributed by atoms with Crippen LogP contribution in [0.3, 0.4) is 0 Å². The molecule has 0 bridgehead atoms. The van der Waals surface area contributed by atoms with Crippen LogP contribution in [0.1, 0.15) is 15.9 Å². The summed E-state index contributed by atoms with van der Waals surface area (Å²) in [7, 11) is 0. The Morgan fingerprint density at radius 2 is 1.95 bits per heavy atom. The molecule has 0 aliphatic carbocycles. The molecule has 2 N–H and O–H groups in total. The lowest BCUT2D eigenvalue weighted by molar-refractivity contribution is 0.102. The minimum atomic E-state index is -0.875. The van der Waals surface area contributed by atoms with Crippen molar-refractivity contribution in [2.24, 2.45) is 0 Å². The number of rotatable bonds is 2. The van der Waals surface area contributed by atoms with E-state index in [9.17, 15) is 18.7 Å². The quantitative estimate of drug-likeness (QED) is 0.873. The topological polar surface area (TPSA) is 49.3 Å². The van der Waals surface area contributed by atoms with Crippen molar-refractivity contribution in [1.29, 1.82) is 0 Å². The summed E-state index contributed by atoms with van der Waals surface area (Å²) in [5.41, 5.74) is 0.420. The summed E-state index contributed by atoms with van der Waals surface area (Å²) in [6.45, 7) is 1.64. The number of halogens is 2. The summed E-state index contributed by atoms with van der Waals surface area (Å²) in [4.78, 5) is 11.9. The highest BCUT2D eigenvalue weighted by Gasteiger charge is 2.14. The molecular formula is C14H11F2NO2. The van der Waals surface area contributed by atoms with E-state index in [1.165, 1.54) is 6.07 Å². The molecule has 0 heterocycles. The van der Waals surface area contributed by atoms with Crippen LogP contribution in [0.25, 0.3) is 0 Å². The van der Waals surface area contributed by atoms with Crippen LogP contribution in [0.2, 0.25) is 0 Å². The van der Waals surface area contributed by atoms with Gasteiger partial charge in [0.05, 0.1) is 11.3 Å². The molecular weight excluding hydrogens is 252 g/mol. The molecule has 5 heteroatoms. The predicted molar refractivity (Wildman–Crippen MR) is 67.2 cm³/mol. The normalized spacial score (nSPS) is 10.3. The second-order valence-electron chi connectivity index (χ2n) is 4.05. The Kier molecular flexibility index (Phi) is 3.46. The summed E-state index contributed by atoms with van der Waals surface area (Å²) < 4.78 is 26.1. The van der Waals surface area contributed by atoms with E-state index in [0.717, 1.165) is 12.1 Å². The molecule has 3 nitrogen and oxygen atoms in total.